The Bertz CT molecular complexity index is 1110. The summed E-state index contributed by atoms with van der Waals surface area (Å²) in [5, 5.41) is 2.93. The van der Waals surface area contributed by atoms with Crippen LogP contribution in [0.2, 0.25) is 0 Å². The molecule has 1 unspecified atom stereocenters. The van der Waals surface area contributed by atoms with Crippen molar-refractivity contribution in [2.24, 2.45) is 0 Å². The van der Waals surface area contributed by atoms with Gasteiger partial charge in [-0.05, 0) is 44.3 Å². The van der Waals surface area contributed by atoms with E-state index in [4.69, 9.17) is 0 Å². The van der Waals surface area contributed by atoms with Gasteiger partial charge in [0.05, 0.1) is 17.1 Å². The van der Waals surface area contributed by atoms with Crippen LogP contribution in [0.5, 0.6) is 0 Å². The van der Waals surface area contributed by atoms with Crippen molar-refractivity contribution < 1.29 is 9.18 Å². The van der Waals surface area contributed by atoms with E-state index < -0.39 is 6.04 Å². The lowest BCUT2D eigenvalue weighted by molar-refractivity contribution is -0.122. The number of anilines is 1. The van der Waals surface area contributed by atoms with E-state index in [1.165, 1.54) is 16.7 Å². The first-order chi connectivity index (χ1) is 14.4. The van der Waals surface area contributed by atoms with Gasteiger partial charge < -0.3 is 20.1 Å². The van der Waals surface area contributed by atoms with Crippen molar-refractivity contribution in [2.45, 2.75) is 19.5 Å². The number of likely N-dealkylation sites (N-methyl/N-ethyl adjacent to an activating group) is 1. The van der Waals surface area contributed by atoms with Crippen molar-refractivity contribution in [3.63, 3.8) is 0 Å². The predicted octanol–water partition coefficient (Wildman–Crippen LogP) is 2.10. The molecule has 2 N–H and O–H groups in total. The third-order valence-electron chi connectivity index (χ3n) is 5.66. The molecular weight excluding hydrogens is 385 g/mol. The number of amides is 1. The molecule has 0 bridgehead atoms. The predicted molar refractivity (Wildman–Crippen MR) is 115 cm³/mol. The summed E-state index contributed by atoms with van der Waals surface area (Å²) in [5.74, 6) is -0.639. The highest BCUT2D eigenvalue weighted by Crippen LogP contribution is 2.28. The summed E-state index contributed by atoms with van der Waals surface area (Å²) in [5.41, 5.74) is 2.70. The van der Waals surface area contributed by atoms with Gasteiger partial charge in [-0.3, -0.25) is 9.36 Å². The second-order valence-corrected chi connectivity index (χ2v) is 7.82. The molecule has 2 heterocycles. The van der Waals surface area contributed by atoms with E-state index in [-0.39, 0.29) is 24.0 Å². The summed E-state index contributed by atoms with van der Waals surface area (Å²) in [7, 11) is 2.08. The summed E-state index contributed by atoms with van der Waals surface area (Å²) in [6, 6.07) is 11.6. The van der Waals surface area contributed by atoms with E-state index in [2.05, 4.69) is 27.1 Å². The zero-order valence-electron chi connectivity index (χ0n) is 17.2. The first-order valence-corrected chi connectivity index (χ1v) is 10.1. The van der Waals surface area contributed by atoms with Crippen molar-refractivity contribution in [3.8, 4) is 0 Å². The van der Waals surface area contributed by atoms with E-state index in [0.717, 1.165) is 37.4 Å². The lowest BCUT2D eigenvalue weighted by atomic mass is 10.0. The Kier molecular flexibility index (Phi) is 5.59. The number of carbonyl (C=O) groups is 1. The highest BCUT2D eigenvalue weighted by atomic mass is 19.1. The Morgan fingerprint density at radius 2 is 1.90 bits per heavy atom. The highest BCUT2D eigenvalue weighted by molar-refractivity contribution is 5.81. The normalized spacial score (nSPS) is 16.0. The van der Waals surface area contributed by atoms with Crippen molar-refractivity contribution in [1.82, 2.24) is 19.8 Å². The van der Waals surface area contributed by atoms with Crippen LogP contribution >= 0.6 is 0 Å². The smallest absolute Gasteiger partial charge is 0.326 e. The molecule has 4 rings (SSSR count). The Morgan fingerprint density at radius 1 is 1.17 bits per heavy atom. The first kappa shape index (κ1) is 20.2. The summed E-state index contributed by atoms with van der Waals surface area (Å²) in [4.78, 5) is 32.2. The van der Waals surface area contributed by atoms with Gasteiger partial charge >= 0.3 is 5.69 Å². The van der Waals surface area contributed by atoms with Crippen LogP contribution in [-0.2, 0) is 11.3 Å². The van der Waals surface area contributed by atoms with Gasteiger partial charge in [0.15, 0.2) is 0 Å². The van der Waals surface area contributed by atoms with Crippen molar-refractivity contribution in [1.29, 1.82) is 0 Å². The standard InChI is InChI=1S/C22H26FN5O2/c1-15(17-13-16(23)7-8-19(17)27-11-9-26(2)10-12-27)24-21(29)14-28-20-6-4-3-5-18(20)25-22(28)30/h3-8,13,15H,9-12,14H2,1-2H3,(H,24,29)(H,25,30). The van der Waals surface area contributed by atoms with Gasteiger partial charge in [-0.25, -0.2) is 9.18 Å². The van der Waals surface area contributed by atoms with Crippen LogP contribution in [0.1, 0.15) is 18.5 Å². The van der Waals surface area contributed by atoms with E-state index >= 15 is 0 Å². The Balaban J connectivity index is 1.52. The molecule has 158 valence electrons. The average Bonchev–Trinajstić information content (AvgIpc) is 3.04. The van der Waals surface area contributed by atoms with Gasteiger partial charge in [0, 0.05) is 37.4 Å². The summed E-state index contributed by atoms with van der Waals surface area (Å²) < 4.78 is 15.4. The van der Waals surface area contributed by atoms with Gasteiger partial charge in [-0.2, -0.15) is 0 Å². The molecule has 2 aromatic carbocycles. The molecule has 1 saturated heterocycles. The van der Waals surface area contributed by atoms with E-state index in [1.54, 1.807) is 18.2 Å². The monoisotopic (exact) mass is 411 g/mol. The number of H-pyrrole nitrogens is 1. The van der Waals surface area contributed by atoms with E-state index in [9.17, 15) is 14.0 Å². The third-order valence-corrected chi connectivity index (χ3v) is 5.66. The van der Waals surface area contributed by atoms with Gasteiger partial charge in [0.2, 0.25) is 5.91 Å². The number of nitrogens with one attached hydrogen (secondary N) is 2. The fraction of sp³-hybridized carbons (Fsp3) is 0.364. The number of para-hydroxylation sites is 2. The molecule has 1 aliphatic rings. The molecule has 3 aromatic rings. The second kappa shape index (κ2) is 8.31. The molecule has 0 radical (unpaired) electrons. The number of aromatic amines is 1. The minimum atomic E-state index is -0.399. The minimum absolute atomic E-state index is 0.105. The van der Waals surface area contributed by atoms with Gasteiger partial charge in [-0.1, -0.05) is 12.1 Å². The lowest BCUT2D eigenvalue weighted by Crippen LogP contribution is -2.45. The molecule has 30 heavy (non-hydrogen) atoms. The lowest BCUT2D eigenvalue weighted by Gasteiger charge is -2.36. The Hall–Kier alpha value is -3.13. The highest BCUT2D eigenvalue weighted by Gasteiger charge is 2.21. The van der Waals surface area contributed by atoms with Gasteiger partial charge in [0.1, 0.15) is 12.4 Å². The number of halogens is 1. The minimum Gasteiger partial charge on any atom is -0.369 e. The van der Waals surface area contributed by atoms with Gasteiger partial charge in [0.25, 0.3) is 0 Å². The molecule has 1 aliphatic heterocycles. The topological polar surface area (TPSA) is 73.4 Å². The average molecular weight is 411 g/mol. The number of hydrogen-bond donors (Lipinski definition) is 2. The van der Waals surface area contributed by atoms with Crippen LogP contribution < -0.4 is 15.9 Å². The van der Waals surface area contributed by atoms with Crippen LogP contribution in [0, 0.1) is 5.82 Å². The maximum Gasteiger partial charge on any atom is 0.326 e. The van der Waals surface area contributed by atoms with Crippen LogP contribution in [0.15, 0.2) is 47.3 Å². The number of fused-ring (bicyclic) bond motifs is 1. The third kappa shape index (κ3) is 4.09. The zero-order chi connectivity index (χ0) is 21.3. The van der Waals surface area contributed by atoms with Crippen LogP contribution in [0.25, 0.3) is 11.0 Å². The number of hydrogen-bond acceptors (Lipinski definition) is 4. The molecule has 0 saturated carbocycles. The molecule has 0 spiro atoms. The van der Waals surface area contributed by atoms with Crippen molar-refractivity contribution in [3.05, 3.63) is 64.3 Å². The summed E-state index contributed by atoms with van der Waals surface area (Å²) >= 11 is 0. The summed E-state index contributed by atoms with van der Waals surface area (Å²) in [6.45, 7) is 5.29. The molecule has 1 fully saturated rings. The number of carbonyl (C=O) groups excluding carboxylic acids is 1. The quantitative estimate of drug-likeness (QED) is 0.675. The zero-order valence-corrected chi connectivity index (χ0v) is 17.2. The molecule has 0 aliphatic carbocycles. The fourth-order valence-electron chi connectivity index (χ4n) is 3.98. The second-order valence-electron chi connectivity index (χ2n) is 7.82. The van der Waals surface area contributed by atoms with Crippen LogP contribution in [0.3, 0.4) is 0 Å². The van der Waals surface area contributed by atoms with E-state index in [0.29, 0.717) is 11.0 Å². The largest absolute Gasteiger partial charge is 0.369 e. The van der Waals surface area contributed by atoms with Crippen LogP contribution in [0.4, 0.5) is 10.1 Å². The molecule has 8 heteroatoms. The molecule has 1 amide bonds. The Morgan fingerprint density at radius 3 is 2.67 bits per heavy atom. The van der Waals surface area contributed by atoms with E-state index in [1.807, 2.05) is 19.1 Å². The number of nitrogens with zero attached hydrogens (tertiary/aromatic N) is 3. The maximum absolute atomic E-state index is 14.0. The molecule has 7 nitrogen and oxygen atoms in total. The number of aromatic nitrogens is 2. The number of imidazole rings is 1. The maximum atomic E-state index is 14.0. The SMILES string of the molecule is CC(NC(=O)Cn1c(=O)[nH]c2ccccc21)c1cc(F)ccc1N1CCN(C)CC1. The Labute approximate surface area is 174 Å². The van der Waals surface area contributed by atoms with Crippen LogP contribution in [-0.4, -0.2) is 53.6 Å². The van der Waals surface area contributed by atoms with Crippen molar-refractivity contribution >= 4 is 22.6 Å². The molecule has 1 aromatic heterocycles. The van der Waals surface area contributed by atoms with Gasteiger partial charge in [-0.15, -0.1) is 0 Å². The number of rotatable bonds is 5. The summed E-state index contributed by atoms with van der Waals surface area (Å²) in [6.07, 6.45) is 0. The first-order valence-electron chi connectivity index (χ1n) is 10.1. The van der Waals surface area contributed by atoms with Crippen molar-refractivity contribution in [2.75, 3.05) is 38.1 Å². The number of piperazine rings is 1. The molecule has 1 atom stereocenters. The fourth-order valence-corrected chi connectivity index (χ4v) is 3.98. The number of benzene rings is 2. The molecular formula is C22H26FN5O2.